The van der Waals surface area contributed by atoms with E-state index >= 15 is 0 Å². The highest BCUT2D eigenvalue weighted by Gasteiger charge is 2.22. The number of ether oxygens (including phenoxy) is 2. The molecule has 1 atom stereocenters. The van der Waals surface area contributed by atoms with Crippen LogP contribution < -0.4 is 15.4 Å². The first-order chi connectivity index (χ1) is 13.3. The minimum absolute atomic E-state index is 0.279. The molecule has 27 heavy (non-hydrogen) atoms. The molecule has 0 saturated heterocycles. The van der Waals surface area contributed by atoms with Crippen LogP contribution in [0.15, 0.2) is 35.3 Å². The van der Waals surface area contributed by atoms with E-state index in [2.05, 4.69) is 25.7 Å². The second kappa shape index (κ2) is 9.91. The highest BCUT2D eigenvalue weighted by Crippen LogP contribution is 2.13. The number of benzene rings is 1. The van der Waals surface area contributed by atoms with Crippen LogP contribution in [0.3, 0.4) is 0 Å². The molecule has 0 spiro atoms. The number of nitrogens with one attached hydrogen (secondary N) is 2. The number of fused-ring (bicyclic) bond motifs is 1. The quantitative estimate of drug-likeness (QED) is 0.414. The number of nitrogens with zero attached hydrogens (tertiary/aromatic N) is 4. The van der Waals surface area contributed by atoms with Crippen molar-refractivity contribution in [1.29, 1.82) is 0 Å². The summed E-state index contributed by atoms with van der Waals surface area (Å²) in [6.45, 7) is 2.70. The molecule has 146 valence electrons. The number of aromatic nitrogens is 3. The summed E-state index contributed by atoms with van der Waals surface area (Å²) in [7, 11) is 3.45. The van der Waals surface area contributed by atoms with Gasteiger partial charge in [-0.2, -0.15) is 5.10 Å². The molecule has 1 unspecified atom stereocenters. The maximum absolute atomic E-state index is 5.70. The fourth-order valence-electron chi connectivity index (χ4n) is 3.04. The number of aliphatic imine (C=N–C) groups is 1. The summed E-state index contributed by atoms with van der Waals surface area (Å²) in [5.41, 5.74) is 0. The van der Waals surface area contributed by atoms with Gasteiger partial charge in [0.05, 0.1) is 13.2 Å². The predicted octanol–water partition coefficient (Wildman–Crippen LogP) is 1.37. The van der Waals surface area contributed by atoms with Gasteiger partial charge in [0.1, 0.15) is 18.2 Å². The molecule has 2 heterocycles. The fraction of sp³-hybridized carbons (Fsp3) is 0.526. The third-order valence-electron chi connectivity index (χ3n) is 4.37. The van der Waals surface area contributed by atoms with Gasteiger partial charge in [-0.05, 0) is 25.0 Å². The molecule has 1 aliphatic heterocycles. The van der Waals surface area contributed by atoms with E-state index in [0.29, 0.717) is 13.2 Å². The monoisotopic (exact) mass is 372 g/mol. The molecule has 0 bridgehead atoms. The van der Waals surface area contributed by atoms with E-state index in [0.717, 1.165) is 55.7 Å². The lowest BCUT2D eigenvalue weighted by Crippen LogP contribution is -2.47. The van der Waals surface area contributed by atoms with Crippen LogP contribution in [0, 0.1) is 0 Å². The van der Waals surface area contributed by atoms with Gasteiger partial charge < -0.3 is 20.1 Å². The highest BCUT2D eigenvalue weighted by atomic mass is 16.5. The van der Waals surface area contributed by atoms with Crippen molar-refractivity contribution in [3.05, 3.63) is 42.0 Å². The molecular formula is C19H28N6O2. The molecule has 1 aromatic heterocycles. The molecule has 8 heteroatoms. The Labute approximate surface area is 160 Å². The first-order valence-electron chi connectivity index (χ1n) is 9.35. The number of rotatable bonds is 8. The number of aryl methyl sites for hydroxylation is 1. The van der Waals surface area contributed by atoms with Gasteiger partial charge in [-0.15, -0.1) is 0 Å². The molecule has 0 amide bonds. The third-order valence-corrected chi connectivity index (χ3v) is 4.37. The summed E-state index contributed by atoms with van der Waals surface area (Å²) >= 11 is 0. The summed E-state index contributed by atoms with van der Waals surface area (Å²) in [5, 5.41) is 11.3. The van der Waals surface area contributed by atoms with Crippen molar-refractivity contribution in [2.45, 2.75) is 38.5 Å². The molecule has 0 fully saturated rings. The van der Waals surface area contributed by atoms with Crippen LogP contribution in [-0.4, -0.2) is 54.1 Å². The summed E-state index contributed by atoms with van der Waals surface area (Å²) in [4.78, 5) is 8.83. The van der Waals surface area contributed by atoms with E-state index < -0.39 is 0 Å². The maximum atomic E-state index is 5.70. The van der Waals surface area contributed by atoms with Crippen LogP contribution in [0.5, 0.6) is 5.75 Å². The normalized spacial score (nSPS) is 16.7. The van der Waals surface area contributed by atoms with E-state index in [1.807, 2.05) is 35.0 Å². The second-order valence-electron chi connectivity index (χ2n) is 6.45. The molecule has 2 aromatic rings. The number of hydrogen-bond acceptors (Lipinski definition) is 5. The third kappa shape index (κ3) is 5.68. The first kappa shape index (κ1) is 19.2. The molecule has 1 aromatic carbocycles. The van der Waals surface area contributed by atoms with Crippen molar-refractivity contribution in [2.75, 3.05) is 27.3 Å². The SMILES string of the molecule is CN=C(NCCCOc1ccccc1)NC1CCc2nc(COC)nn2C1. The van der Waals surface area contributed by atoms with Crippen molar-refractivity contribution in [2.24, 2.45) is 4.99 Å². The Morgan fingerprint density at radius 2 is 2.19 bits per heavy atom. The smallest absolute Gasteiger partial charge is 0.191 e. The van der Waals surface area contributed by atoms with E-state index in [9.17, 15) is 0 Å². The first-order valence-corrected chi connectivity index (χ1v) is 9.35. The minimum atomic E-state index is 0.279. The average molecular weight is 372 g/mol. The lowest BCUT2D eigenvalue weighted by molar-refractivity contribution is 0.177. The molecule has 0 radical (unpaired) electrons. The summed E-state index contributed by atoms with van der Waals surface area (Å²) in [5.74, 6) is 3.48. The average Bonchev–Trinajstić information content (AvgIpc) is 3.09. The Kier molecular flexibility index (Phi) is 7.04. The van der Waals surface area contributed by atoms with Crippen molar-refractivity contribution in [3.63, 3.8) is 0 Å². The lowest BCUT2D eigenvalue weighted by Gasteiger charge is -2.25. The zero-order valence-corrected chi connectivity index (χ0v) is 16.0. The topological polar surface area (TPSA) is 85.6 Å². The van der Waals surface area contributed by atoms with Crippen molar-refractivity contribution in [3.8, 4) is 5.75 Å². The van der Waals surface area contributed by atoms with Gasteiger partial charge in [-0.1, -0.05) is 18.2 Å². The number of guanidine groups is 1. The number of hydrogen-bond donors (Lipinski definition) is 2. The maximum Gasteiger partial charge on any atom is 0.191 e. The zero-order chi connectivity index (χ0) is 18.9. The van der Waals surface area contributed by atoms with Gasteiger partial charge in [-0.3, -0.25) is 4.99 Å². The van der Waals surface area contributed by atoms with Crippen LogP contribution in [0.2, 0.25) is 0 Å². The van der Waals surface area contributed by atoms with Crippen LogP contribution in [-0.2, 0) is 24.3 Å². The largest absolute Gasteiger partial charge is 0.494 e. The Bertz CT molecular complexity index is 731. The minimum Gasteiger partial charge on any atom is -0.494 e. The van der Waals surface area contributed by atoms with Gasteiger partial charge >= 0.3 is 0 Å². The fourth-order valence-corrected chi connectivity index (χ4v) is 3.04. The van der Waals surface area contributed by atoms with Crippen molar-refractivity contribution in [1.82, 2.24) is 25.4 Å². The van der Waals surface area contributed by atoms with Crippen LogP contribution >= 0.6 is 0 Å². The molecule has 0 aliphatic carbocycles. The molecule has 8 nitrogen and oxygen atoms in total. The Morgan fingerprint density at radius 3 is 2.96 bits per heavy atom. The molecular weight excluding hydrogens is 344 g/mol. The number of para-hydroxylation sites is 1. The molecule has 0 saturated carbocycles. The van der Waals surface area contributed by atoms with Crippen LogP contribution in [0.1, 0.15) is 24.5 Å². The van der Waals surface area contributed by atoms with Crippen molar-refractivity contribution >= 4 is 5.96 Å². The van der Waals surface area contributed by atoms with E-state index in [-0.39, 0.29) is 6.04 Å². The van der Waals surface area contributed by atoms with Gasteiger partial charge in [0.15, 0.2) is 11.8 Å². The summed E-state index contributed by atoms with van der Waals surface area (Å²) < 4.78 is 12.8. The van der Waals surface area contributed by atoms with Crippen LogP contribution in [0.4, 0.5) is 0 Å². The van der Waals surface area contributed by atoms with Gasteiger partial charge in [0, 0.05) is 33.2 Å². The zero-order valence-electron chi connectivity index (χ0n) is 16.0. The molecule has 2 N–H and O–H groups in total. The second-order valence-corrected chi connectivity index (χ2v) is 6.45. The highest BCUT2D eigenvalue weighted by molar-refractivity contribution is 5.79. The van der Waals surface area contributed by atoms with Crippen LogP contribution in [0.25, 0.3) is 0 Å². The Balaban J connectivity index is 1.38. The van der Waals surface area contributed by atoms with Gasteiger partial charge in [0.2, 0.25) is 0 Å². The van der Waals surface area contributed by atoms with E-state index in [1.165, 1.54) is 0 Å². The summed E-state index contributed by atoms with van der Waals surface area (Å²) in [6, 6.07) is 10.1. The van der Waals surface area contributed by atoms with Gasteiger partial charge in [-0.25, -0.2) is 9.67 Å². The standard InChI is InChI=1S/C19H28N6O2/c1-20-19(21-11-6-12-27-16-7-4-3-5-8-16)22-15-9-10-18-23-17(14-26-2)24-25(18)13-15/h3-5,7-8,15H,6,9-14H2,1-2H3,(H2,20,21,22). The van der Waals surface area contributed by atoms with E-state index in [1.54, 1.807) is 14.2 Å². The number of methoxy groups -OCH3 is 1. The Hall–Kier alpha value is -2.61. The summed E-state index contributed by atoms with van der Waals surface area (Å²) in [6.07, 6.45) is 2.80. The molecule has 1 aliphatic rings. The van der Waals surface area contributed by atoms with Gasteiger partial charge in [0.25, 0.3) is 0 Å². The predicted molar refractivity (Wildman–Crippen MR) is 104 cm³/mol. The van der Waals surface area contributed by atoms with Crippen molar-refractivity contribution < 1.29 is 9.47 Å². The Morgan fingerprint density at radius 1 is 1.33 bits per heavy atom. The van der Waals surface area contributed by atoms with E-state index in [4.69, 9.17) is 9.47 Å². The lowest BCUT2D eigenvalue weighted by atomic mass is 10.1. The molecule has 3 rings (SSSR count).